The Morgan fingerprint density at radius 3 is 2.19 bits per heavy atom. The Kier molecular flexibility index (Phi) is 7.57. The van der Waals surface area contributed by atoms with Gasteiger partial charge < -0.3 is 19.5 Å². The van der Waals surface area contributed by atoms with E-state index < -0.39 is 15.8 Å². The lowest BCUT2D eigenvalue weighted by molar-refractivity contribution is -0.126. The van der Waals surface area contributed by atoms with Crippen LogP contribution >= 0.6 is 0 Å². The van der Waals surface area contributed by atoms with Crippen LogP contribution < -0.4 is 19.5 Å². The molecule has 0 aromatic heterocycles. The lowest BCUT2D eigenvalue weighted by Crippen LogP contribution is -2.43. The third-order valence-electron chi connectivity index (χ3n) is 5.47. The van der Waals surface area contributed by atoms with Crippen LogP contribution in [0.5, 0.6) is 17.2 Å². The van der Waals surface area contributed by atoms with Crippen LogP contribution in [-0.4, -0.2) is 53.0 Å². The lowest BCUT2D eigenvalue weighted by atomic mass is 9.97. The van der Waals surface area contributed by atoms with Crippen LogP contribution in [0.25, 0.3) is 0 Å². The van der Waals surface area contributed by atoms with Crippen LogP contribution in [-0.2, 0) is 21.4 Å². The molecule has 174 valence electrons. The molecule has 0 radical (unpaired) electrons. The molecule has 0 unspecified atom stereocenters. The number of rotatable bonds is 8. The van der Waals surface area contributed by atoms with Gasteiger partial charge in [0.2, 0.25) is 21.7 Å². The molecule has 1 aliphatic heterocycles. The zero-order valence-corrected chi connectivity index (χ0v) is 19.1. The van der Waals surface area contributed by atoms with Crippen molar-refractivity contribution in [3.8, 4) is 17.2 Å². The van der Waals surface area contributed by atoms with Crippen molar-refractivity contribution in [3.05, 3.63) is 47.8 Å². The zero-order chi connectivity index (χ0) is 23.3. The molecule has 1 amide bonds. The van der Waals surface area contributed by atoms with Gasteiger partial charge >= 0.3 is 0 Å². The Labute approximate surface area is 187 Å². The summed E-state index contributed by atoms with van der Waals surface area (Å²) in [7, 11) is 0.616. The number of nitrogens with zero attached hydrogens (tertiary/aromatic N) is 1. The fourth-order valence-corrected chi connectivity index (χ4v) is 5.26. The van der Waals surface area contributed by atoms with Crippen LogP contribution in [0, 0.1) is 11.7 Å². The van der Waals surface area contributed by atoms with Crippen molar-refractivity contribution in [3.63, 3.8) is 0 Å². The van der Waals surface area contributed by atoms with Crippen molar-refractivity contribution in [2.75, 3.05) is 34.4 Å². The van der Waals surface area contributed by atoms with Gasteiger partial charge in [-0.3, -0.25) is 4.79 Å². The molecule has 0 spiro atoms. The van der Waals surface area contributed by atoms with E-state index in [9.17, 15) is 17.6 Å². The molecular weight excluding hydrogens is 439 g/mol. The third kappa shape index (κ3) is 4.97. The number of amides is 1. The summed E-state index contributed by atoms with van der Waals surface area (Å²) in [5, 5.41) is 2.88. The molecule has 3 rings (SSSR count). The monoisotopic (exact) mass is 466 g/mol. The first-order valence-electron chi connectivity index (χ1n) is 10.1. The maximum absolute atomic E-state index is 14.0. The van der Waals surface area contributed by atoms with E-state index in [1.165, 1.54) is 43.8 Å². The number of sulfonamides is 1. The van der Waals surface area contributed by atoms with E-state index >= 15 is 0 Å². The highest BCUT2D eigenvalue weighted by Crippen LogP contribution is 2.38. The fraction of sp³-hybridized carbons (Fsp3) is 0.409. The van der Waals surface area contributed by atoms with Gasteiger partial charge in [-0.1, -0.05) is 12.1 Å². The van der Waals surface area contributed by atoms with Gasteiger partial charge in [-0.2, -0.15) is 4.31 Å². The molecule has 0 aliphatic carbocycles. The molecule has 1 fully saturated rings. The summed E-state index contributed by atoms with van der Waals surface area (Å²) in [5.41, 5.74) is 0.771. The quantitative estimate of drug-likeness (QED) is 0.643. The molecule has 2 aromatic rings. The van der Waals surface area contributed by atoms with Crippen LogP contribution in [0.3, 0.4) is 0 Å². The lowest BCUT2D eigenvalue weighted by Gasteiger charge is -2.30. The Morgan fingerprint density at radius 2 is 1.66 bits per heavy atom. The van der Waals surface area contributed by atoms with Crippen molar-refractivity contribution in [1.82, 2.24) is 9.62 Å². The Hall–Kier alpha value is -2.85. The molecule has 0 bridgehead atoms. The first-order valence-corrected chi connectivity index (χ1v) is 11.6. The highest BCUT2D eigenvalue weighted by molar-refractivity contribution is 7.89. The first-order chi connectivity index (χ1) is 15.3. The van der Waals surface area contributed by atoms with Crippen molar-refractivity contribution in [2.45, 2.75) is 24.3 Å². The van der Waals surface area contributed by atoms with Crippen LogP contribution in [0.15, 0.2) is 41.3 Å². The topological polar surface area (TPSA) is 94.2 Å². The Balaban J connectivity index is 1.60. The summed E-state index contributed by atoms with van der Waals surface area (Å²) in [5.74, 6) is 0.169. The van der Waals surface area contributed by atoms with E-state index in [2.05, 4.69) is 5.32 Å². The highest BCUT2D eigenvalue weighted by atomic mass is 32.2. The van der Waals surface area contributed by atoms with Gasteiger partial charge in [0.25, 0.3) is 0 Å². The molecule has 1 saturated heterocycles. The minimum Gasteiger partial charge on any atom is -0.493 e. The molecule has 1 aliphatic rings. The van der Waals surface area contributed by atoms with Crippen LogP contribution in [0.1, 0.15) is 18.4 Å². The number of carbonyl (C=O) groups is 1. The van der Waals surface area contributed by atoms with Crippen molar-refractivity contribution < 1.29 is 31.8 Å². The first kappa shape index (κ1) is 23.8. The second-order valence-electron chi connectivity index (χ2n) is 7.36. The smallest absolute Gasteiger partial charge is 0.245 e. The van der Waals surface area contributed by atoms with Crippen molar-refractivity contribution in [2.24, 2.45) is 5.92 Å². The number of halogens is 1. The van der Waals surface area contributed by atoms with Gasteiger partial charge in [0.05, 0.1) is 21.3 Å². The van der Waals surface area contributed by atoms with E-state index in [0.717, 1.165) is 11.6 Å². The average molecular weight is 467 g/mol. The molecule has 1 heterocycles. The number of benzene rings is 2. The number of piperidine rings is 1. The van der Waals surface area contributed by atoms with Crippen molar-refractivity contribution in [1.29, 1.82) is 0 Å². The van der Waals surface area contributed by atoms with E-state index in [1.54, 1.807) is 12.1 Å². The zero-order valence-electron chi connectivity index (χ0n) is 18.3. The maximum atomic E-state index is 14.0. The number of hydrogen-bond acceptors (Lipinski definition) is 6. The minimum absolute atomic E-state index is 0.152. The molecule has 0 atom stereocenters. The largest absolute Gasteiger partial charge is 0.493 e. The second kappa shape index (κ2) is 10.2. The standard InChI is InChI=1S/C22H27FN2O6S/c1-29-18-12-15(13-19(30-2)21(18)31-3)14-24-22(26)16-8-10-25(11-9-16)32(27,28)20-7-5-4-6-17(20)23/h4-7,12-13,16H,8-11,14H2,1-3H3,(H,24,26). The van der Waals surface area contributed by atoms with Gasteiger partial charge in [0, 0.05) is 25.6 Å². The van der Waals surface area contributed by atoms with E-state index in [1.807, 2.05) is 0 Å². The summed E-state index contributed by atoms with van der Waals surface area (Å²) in [6.07, 6.45) is 0.712. The van der Waals surface area contributed by atoms with E-state index in [4.69, 9.17) is 14.2 Å². The summed E-state index contributed by atoms with van der Waals surface area (Å²) in [6.45, 7) is 0.557. The van der Waals surface area contributed by atoms with Crippen LogP contribution in [0.4, 0.5) is 4.39 Å². The average Bonchev–Trinajstić information content (AvgIpc) is 2.81. The molecule has 10 heteroatoms. The van der Waals surface area contributed by atoms with Gasteiger partial charge in [-0.05, 0) is 42.7 Å². The number of nitrogens with one attached hydrogen (secondary N) is 1. The summed E-state index contributed by atoms with van der Waals surface area (Å²) < 4.78 is 56.6. The molecule has 2 aromatic carbocycles. The maximum Gasteiger partial charge on any atom is 0.245 e. The number of carbonyl (C=O) groups excluding carboxylic acids is 1. The SMILES string of the molecule is COc1cc(CNC(=O)C2CCN(S(=O)(=O)c3ccccc3F)CC2)cc(OC)c1OC. The van der Waals surface area contributed by atoms with Gasteiger partial charge in [-0.25, -0.2) is 12.8 Å². The number of methoxy groups -OCH3 is 3. The van der Waals surface area contributed by atoms with E-state index in [-0.39, 0.29) is 36.4 Å². The Bertz CT molecular complexity index is 1040. The van der Waals surface area contributed by atoms with Gasteiger partial charge in [0.15, 0.2) is 11.5 Å². The number of hydrogen-bond donors (Lipinski definition) is 1. The summed E-state index contributed by atoms with van der Waals surface area (Å²) >= 11 is 0. The molecule has 1 N–H and O–H groups in total. The molecule has 0 saturated carbocycles. The second-order valence-corrected chi connectivity index (χ2v) is 9.27. The predicted molar refractivity (Wildman–Crippen MR) is 116 cm³/mol. The fourth-order valence-electron chi connectivity index (χ4n) is 3.72. The molecule has 8 nitrogen and oxygen atoms in total. The van der Waals surface area contributed by atoms with Crippen LogP contribution in [0.2, 0.25) is 0 Å². The molecule has 32 heavy (non-hydrogen) atoms. The Morgan fingerprint density at radius 1 is 1.06 bits per heavy atom. The van der Waals surface area contributed by atoms with E-state index in [0.29, 0.717) is 30.1 Å². The third-order valence-corrected chi connectivity index (χ3v) is 7.40. The normalized spacial score (nSPS) is 15.2. The highest BCUT2D eigenvalue weighted by Gasteiger charge is 2.33. The predicted octanol–water partition coefficient (Wildman–Crippen LogP) is 2.57. The number of ether oxygens (including phenoxy) is 3. The molecular formula is C22H27FN2O6S. The van der Waals surface area contributed by atoms with Gasteiger partial charge in [-0.15, -0.1) is 0 Å². The summed E-state index contributed by atoms with van der Waals surface area (Å²) in [6, 6.07) is 8.81. The van der Waals surface area contributed by atoms with Gasteiger partial charge in [0.1, 0.15) is 10.7 Å². The van der Waals surface area contributed by atoms with Crippen molar-refractivity contribution >= 4 is 15.9 Å². The minimum atomic E-state index is -3.93. The summed E-state index contributed by atoms with van der Waals surface area (Å²) in [4.78, 5) is 12.3.